The van der Waals surface area contributed by atoms with E-state index in [1.165, 1.54) is 19.8 Å². The summed E-state index contributed by atoms with van der Waals surface area (Å²) in [6.07, 6.45) is 4.73. The monoisotopic (exact) mass is 366 g/mol. The van der Waals surface area contributed by atoms with Crippen LogP contribution in [0.1, 0.15) is 39.0 Å². The second kappa shape index (κ2) is 9.21. The summed E-state index contributed by atoms with van der Waals surface area (Å²) >= 11 is 0. The van der Waals surface area contributed by atoms with Crippen molar-refractivity contribution in [1.82, 2.24) is 5.32 Å². The van der Waals surface area contributed by atoms with E-state index in [9.17, 15) is 9.59 Å². The number of anilines is 1. The number of nitrogens with one attached hydrogen (secondary N) is 1. The number of amides is 2. The molecule has 0 bridgehead atoms. The molecular weight excluding hydrogens is 340 g/mol. The fraction of sp³-hybridized carbons (Fsp3) is 0.364. The molecule has 0 aliphatic heterocycles. The zero-order valence-electron chi connectivity index (χ0n) is 15.7. The summed E-state index contributed by atoms with van der Waals surface area (Å²) in [7, 11) is 0. The van der Waals surface area contributed by atoms with Gasteiger partial charge in [0, 0.05) is 25.9 Å². The van der Waals surface area contributed by atoms with E-state index in [-0.39, 0.29) is 24.3 Å². The maximum atomic E-state index is 12.3. The molecule has 0 atom stereocenters. The highest BCUT2D eigenvalue weighted by atomic mass is 16.5. The second-order valence-electron chi connectivity index (χ2n) is 6.85. The van der Waals surface area contributed by atoms with E-state index in [0.29, 0.717) is 23.7 Å². The number of hydrogen-bond donors (Lipinski definition) is 1. The van der Waals surface area contributed by atoms with Gasteiger partial charge in [-0.3, -0.25) is 9.59 Å². The summed E-state index contributed by atoms with van der Waals surface area (Å²) in [4.78, 5) is 26.1. The van der Waals surface area contributed by atoms with Crippen LogP contribution in [0.3, 0.4) is 0 Å². The number of carbonyl (C=O) groups excluding carboxylic acids is 2. The molecule has 1 N–H and O–H groups in total. The first-order valence-electron chi connectivity index (χ1n) is 9.53. The van der Waals surface area contributed by atoms with Gasteiger partial charge in [0.1, 0.15) is 5.75 Å². The lowest BCUT2D eigenvalue weighted by molar-refractivity contribution is -0.121. The van der Waals surface area contributed by atoms with E-state index in [1.807, 2.05) is 54.6 Å². The Morgan fingerprint density at radius 3 is 2.41 bits per heavy atom. The molecule has 0 heterocycles. The van der Waals surface area contributed by atoms with Crippen molar-refractivity contribution in [3.63, 3.8) is 0 Å². The van der Waals surface area contributed by atoms with Crippen molar-refractivity contribution in [3.8, 4) is 11.5 Å². The molecule has 2 aromatic rings. The van der Waals surface area contributed by atoms with Gasteiger partial charge < -0.3 is 15.0 Å². The molecule has 0 saturated heterocycles. The van der Waals surface area contributed by atoms with Crippen LogP contribution in [0.2, 0.25) is 0 Å². The van der Waals surface area contributed by atoms with Gasteiger partial charge in [-0.15, -0.1) is 0 Å². The molecule has 142 valence electrons. The van der Waals surface area contributed by atoms with Crippen molar-refractivity contribution < 1.29 is 14.3 Å². The highest BCUT2D eigenvalue weighted by molar-refractivity contribution is 5.94. The second-order valence-corrected chi connectivity index (χ2v) is 6.85. The Kier molecular flexibility index (Phi) is 6.47. The van der Waals surface area contributed by atoms with Gasteiger partial charge in [-0.25, -0.2) is 0 Å². The van der Waals surface area contributed by atoms with Crippen LogP contribution in [-0.4, -0.2) is 24.4 Å². The molecule has 0 spiro atoms. The zero-order chi connectivity index (χ0) is 19.1. The van der Waals surface area contributed by atoms with Gasteiger partial charge in [-0.05, 0) is 37.1 Å². The van der Waals surface area contributed by atoms with Crippen molar-refractivity contribution in [1.29, 1.82) is 0 Å². The molecule has 0 radical (unpaired) electrons. The van der Waals surface area contributed by atoms with Crippen LogP contribution in [0.15, 0.2) is 54.6 Å². The molecule has 27 heavy (non-hydrogen) atoms. The van der Waals surface area contributed by atoms with Crippen molar-refractivity contribution in [3.05, 3.63) is 54.6 Å². The first-order valence-corrected chi connectivity index (χ1v) is 9.53. The number of para-hydroxylation sites is 3. The molecule has 0 unspecified atom stereocenters. The molecule has 5 heteroatoms. The van der Waals surface area contributed by atoms with Gasteiger partial charge in [0.05, 0.1) is 5.69 Å². The summed E-state index contributed by atoms with van der Waals surface area (Å²) in [5, 5.41) is 3.07. The SMILES string of the molecule is CC(=O)N(CCC(=O)NC1CCCC1)c1ccccc1Oc1ccccc1. The minimum absolute atomic E-state index is 0.00499. The van der Waals surface area contributed by atoms with E-state index in [0.717, 1.165) is 12.8 Å². The highest BCUT2D eigenvalue weighted by Crippen LogP contribution is 2.32. The van der Waals surface area contributed by atoms with Crippen LogP contribution in [0.4, 0.5) is 5.69 Å². The standard InChI is InChI=1S/C22H26N2O3/c1-17(25)24(16-15-22(26)23-18-9-5-6-10-18)20-13-7-8-14-21(20)27-19-11-3-2-4-12-19/h2-4,7-8,11-14,18H,5-6,9-10,15-16H2,1H3,(H,23,26). The van der Waals surface area contributed by atoms with Crippen LogP contribution < -0.4 is 15.0 Å². The molecular formula is C22H26N2O3. The van der Waals surface area contributed by atoms with E-state index in [4.69, 9.17) is 4.74 Å². The summed E-state index contributed by atoms with van der Waals surface area (Å²) in [5.74, 6) is 1.17. The minimum atomic E-state index is -0.118. The van der Waals surface area contributed by atoms with E-state index in [1.54, 1.807) is 4.90 Å². The molecule has 1 saturated carbocycles. The first-order chi connectivity index (χ1) is 13.1. The number of ether oxygens (including phenoxy) is 1. The lowest BCUT2D eigenvalue weighted by Gasteiger charge is -2.24. The van der Waals surface area contributed by atoms with Crippen LogP contribution in [0.25, 0.3) is 0 Å². The van der Waals surface area contributed by atoms with Crippen molar-refractivity contribution in [2.24, 2.45) is 0 Å². The van der Waals surface area contributed by atoms with Gasteiger partial charge >= 0.3 is 0 Å². The van der Waals surface area contributed by atoms with Crippen LogP contribution in [-0.2, 0) is 9.59 Å². The Labute approximate surface area is 160 Å². The Bertz CT molecular complexity index is 770. The molecule has 1 aliphatic carbocycles. The van der Waals surface area contributed by atoms with Crippen molar-refractivity contribution >= 4 is 17.5 Å². The Morgan fingerprint density at radius 2 is 1.70 bits per heavy atom. The third-order valence-corrected chi connectivity index (χ3v) is 4.79. The summed E-state index contributed by atoms with van der Waals surface area (Å²) in [6.45, 7) is 1.83. The largest absolute Gasteiger partial charge is 0.455 e. The maximum Gasteiger partial charge on any atom is 0.223 e. The van der Waals surface area contributed by atoms with E-state index < -0.39 is 0 Å². The fourth-order valence-corrected chi connectivity index (χ4v) is 3.41. The normalized spacial score (nSPS) is 14.0. The third kappa shape index (κ3) is 5.33. The zero-order valence-corrected chi connectivity index (χ0v) is 15.7. The first kappa shape index (κ1) is 19.0. The third-order valence-electron chi connectivity index (χ3n) is 4.79. The van der Waals surface area contributed by atoms with Gasteiger partial charge in [0.15, 0.2) is 5.75 Å². The van der Waals surface area contributed by atoms with E-state index >= 15 is 0 Å². The van der Waals surface area contributed by atoms with Crippen LogP contribution in [0.5, 0.6) is 11.5 Å². The van der Waals surface area contributed by atoms with E-state index in [2.05, 4.69) is 5.32 Å². The van der Waals surface area contributed by atoms with Gasteiger partial charge in [0.2, 0.25) is 11.8 Å². The molecule has 5 nitrogen and oxygen atoms in total. The Balaban J connectivity index is 1.69. The summed E-state index contributed by atoms with van der Waals surface area (Å²) in [6, 6.07) is 17.1. The summed E-state index contributed by atoms with van der Waals surface area (Å²) in [5.41, 5.74) is 0.669. The number of nitrogens with zero attached hydrogens (tertiary/aromatic N) is 1. The predicted molar refractivity (Wildman–Crippen MR) is 106 cm³/mol. The molecule has 2 amide bonds. The van der Waals surface area contributed by atoms with Crippen molar-refractivity contribution in [2.75, 3.05) is 11.4 Å². The lowest BCUT2D eigenvalue weighted by atomic mass is 10.2. The lowest BCUT2D eigenvalue weighted by Crippen LogP contribution is -2.37. The number of rotatable bonds is 7. The molecule has 2 aromatic carbocycles. The fourth-order valence-electron chi connectivity index (χ4n) is 3.41. The molecule has 1 fully saturated rings. The Morgan fingerprint density at radius 1 is 1.04 bits per heavy atom. The van der Waals surface area contributed by atoms with Gasteiger partial charge in [-0.1, -0.05) is 43.2 Å². The number of hydrogen-bond acceptors (Lipinski definition) is 3. The minimum Gasteiger partial charge on any atom is -0.455 e. The molecule has 0 aromatic heterocycles. The molecule has 3 rings (SSSR count). The predicted octanol–water partition coefficient (Wildman–Crippen LogP) is 4.28. The topological polar surface area (TPSA) is 58.6 Å². The Hall–Kier alpha value is -2.82. The average molecular weight is 366 g/mol. The molecule has 1 aliphatic rings. The quantitative estimate of drug-likeness (QED) is 0.796. The van der Waals surface area contributed by atoms with Gasteiger partial charge in [0.25, 0.3) is 0 Å². The maximum absolute atomic E-state index is 12.3. The highest BCUT2D eigenvalue weighted by Gasteiger charge is 2.20. The summed E-state index contributed by atoms with van der Waals surface area (Å²) < 4.78 is 5.96. The number of carbonyl (C=O) groups is 2. The smallest absolute Gasteiger partial charge is 0.223 e. The van der Waals surface area contributed by atoms with Crippen LogP contribution >= 0.6 is 0 Å². The number of benzene rings is 2. The van der Waals surface area contributed by atoms with Crippen LogP contribution in [0, 0.1) is 0 Å². The van der Waals surface area contributed by atoms with Crippen molar-refractivity contribution in [2.45, 2.75) is 45.1 Å². The average Bonchev–Trinajstić information content (AvgIpc) is 3.17. The van der Waals surface area contributed by atoms with Gasteiger partial charge in [-0.2, -0.15) is 0 Å².